The SMILES string of the molecule is COc1cc2nc(N3CCN(CC(C)C)C(=O)C3)nc(N)c2cc1OC. The van der Waals surface area contributed by atoms with E-state index in [1.807, 2.05) is 9.80 Å². The van der Waals surface area contributed by atoms with E-state index >= 15 is 0 Å². The summed E-state index contributed by atoms with van der Waals surface area (Å²) in [6, 6.07) is 3.53. The molecular weight excluding hydrogens is 334 g/mol. The molecule has 2 N–H and O–H groups in total. The molecular formula is C18H25N5O3. The van der Waals surface area contributed by atoms with Gasteiger partial charge in [0, 0.05) is 31.1 Å². The Morgan fingerprint density at radius 3 is 2.46 bits per heavy atom. The summed E-state index contributed by atoms with van der Waals surface area (Å²) < 4.78 is 10.6. The van der Waals surface area contributed by atoms with Crippen LogP contribution in [0.2, 0.25) is 0 Å². The maximum absolute atomic E-state index is 12.4. The van der Waals surface area contributed by atoms with Crippen LogP contribution >= 0.6 is 0 Å². The molecule has 1 aliphatic rings. The van der Waals surface area contributed by atoms with Crippen LogP contribution in [0, 0.1) is 5.92 Å². The number of nitrogens with zero attached hydrogens (tertiary/aromatic N) is 4. The number of benzene rings is 1. The van der Waals surface area contributed by atoms with Crippen molar-refractivity contribution in [3.05, 3.63) is 12.1 Å². The van der Waals surface area contributed by atoms with Crippen molar-refractivity contribution in [3.8, 4) is 11.5 Å². The van der Waals surface area contributed by atoms with E-state index in [0.717, 1.165) is 6.54 Å². The smallest absolute Gasteiger partial charge is 0.242 e. The quantitative estimate of drug-likeness (QED) is 0.865. The highest BCUT2D eigenvalue weighted by molar-refractivity contribution is 5.92. The molecule has 0 aliphatic carbocycles. The van der Waals surface area contributed by atoms with Gasteiger partial charge in [0.05, 0.1) is 26.3 Å². The van der Waals surface area contributed by atoms with Crippen LogP contribution in [0.5, 0.6) is 11.5 Å². The number of rotatable bonds is 5. The number of methoxy groups -OCH3 is 2. The van der Waals surface area contributed by atoms with Crippen molar-refractivity contribution in [1.82, 2.24) is 14.9 Å². The molecule has 2 aromatic rings. The number of hydrogen-bond acceptors (Lipinski definition) is 7. The Bertz CT molecular complexity index is 824. The minimum atomic E-state index is 0.0829. The van der Waals surface area contributed by atoms with Crippen molar-refractivity contribution >= 4 is 28.6 Å². The van der Waals surface area contributed by atoms with Gasteiger partial charge >= 0.3 is 0 Å². The van der Waals surface area contributed by atoms with Crippen molar-refractivity contribution in [3.63, 3.8) is 0 Å². The third-order valence-electron chi connectivity index (χ3n) is 4.41. The summed E-state index contributed by atoms with van der Waals surface area (Å²) in [6.45, 7) is 6.57. The largest absolute Gasteiger partial charge is 0.493 e. The molecule has 0 radical (unpaired) electrons. The van der Waals surface area contributed by atoms with Gasteiger partial charge in [0.2, 0.25) is 11.9 Å². The zero-order chi connectivity index (χ0) is 18.8. The maximum atomic E-state index is 12.4. The Kier molecular flexibility index (Phi) is 5.01. The van der Waals surface area contributed by atoms with Gasteiger partial charge in [0.25, 0.3) is 0 Å². The summed E-state index contributed by atoms with van der Waals surface area (Å²) >= 11 is 0. The number of fused-ring (bicyclic) bond motifs is 1. The summed E-state index contributed by atoms with van der Waals surface area (Å²) in [5.74, 6) is 2.48. The summed E-state index contributed by atoms with van der Waals surface area (Å²) in [4.78, 5) is 25.2. The van der Waals surface area contributed by atoms with Crippen LogP contribution in [-0.2, 0) is 4.79 Å². The molecule has 26 heavy (non-hydrogen) atoms. The number of ether oxygens (including phenoxy) is 2. The topological polar surface area (TPSA) is 93.8 Å². The van der Waals surface area contributed by atoms with Gasteiger partial charge in [0.15, 0.2) is 11.5 Å². The monoisotopic (exact) mass is 359 g/mol. The molecule has 2 heterocycles. The minimum absolute atomic E-state index is 0.0829. The van der Waals surface area contributed by atoms with E-state index in [4.69, 9.17) is 15.2 Å². The van der Waals surface area contributed by atoms with Crippen molar-refractivity contribution in [2.24, 2.45) is 5.92 Å². The van der Waals surface area contributed by atoms with Crippen molar-refractivity contribution < 1.29 is 14.3 Å². The molecule has 1 aromatic heterocycles. The Hall–Kier alpha value is -2.77. The van der Waals surface area contributed by atoms with Gasteiger partial charge in [-0.2, -0.15) is 4.98 Å². The fraction of sp³-hybridized carbons (Fsp3) is 0.500. The number of nitrogens with two attached hydrogens (primary N) is 1. The highest BCUT2D eigenvalue weighted by Crippen LogP contribution is 2.34. The van der Waals surface area contributed by atoms with Crippen LogP contribution in [0.1, 0.15) is 13.8 Å². The van der Waals surface area contributed by atoms with E-state index in [9.17, 15) is 4.79 Å². The molecule has 1 saturated heterocycles. The van der Waals surface area contributed by atoms with Crippen molar-refractivity contribution in [2.75, 3.05) is 51.0 Å². The fourth-order valence-corrected chi connectivity index (χ4v) is 3.12. The van der Waals surface area contributed by atoms with Crippen LogP contribution in [-0.4, -0.2) is 61.2 Å². The van der Waals surface area contributed by atoms with Crippen LogP contribution in [0.3, 0.4) is 0 Å². The molecule has 1 fully saturated rings. The van der Waals surface area contributed by atoms with Gasteiger partial charge in [-0.05, 0) is 12.0 Å². The molecule has 1 aliphatic heterocycles. The van der Waals surface area contributed by atoms with Gasteiger partial charge in [-0.15, -0.1) is 0 Å². The first-order chi connectivity index (χ1) is 12.4. The molecule has 8 heteroatoms. The normalized spacial score (nSPS) is 15.0. The molecule has 0 unspecified atom stereocenters. The number of anilines is 2. The van der Waals surface area contributed by atoms with E-state index in [2.05, 4.69) is 23.8 Å². The number of carbonyl (C=O) groups is 1. The van der Waals surface area contributed by atoms with Crippen molar-refractivity contribution in [2.45, 2.75) is 13.8 Å². The summed E-state index contributed by atoms with van der Waals surface area (Å²) in [6.07, 6.45) is 0. The molecule has 3 rings (SSSR count). The van der Waals surface area contributed by atoms with Crippen LogP contribution in [0.4, 0.5) is 11.8 Å². The molecule has 0 spiro atoms. The molecule has 140 valence electrons. The second-order valence-corrected chi connectivity index (χ2v) is 6.79. The number of amides is 1. The number of nitrogen functional groups attached to an aromatic ring is 1. The molecule has 0 bridgehead atoms. The van der Waals surface area contributed by atoms with Gasteiger partial charge in [-0.1, -0.05) is 13.8 Å². The van der Waals surface area contributed by atoms with Crippen LogP contribution < -0.4 is 20.1 Å². The molecule has 1 amide bonds. The first kappa shape index (κ1) is 18.0. The van der Waals surface area contributed by atoms with Gasteiger partial charge in [-0.25, -0.2) is 4.98 Å². The van der Waals surface area contributed by atoms with Gasteiger partial charge < -0.3 is 25.0 Å². The Morgan fingerprint density at radius 2 is 1.85 bits per heavy atom. The van der Waals surface area contributed by atoms with E-state index < -0.39 is 0 Å². The number of carbonyl (C=O) groups excluding carboxylic acids is 1. The molecule has 1 aromatic carbocycles. The number of hydrogen-bond donors (Lipinski definition) is 1. The average molecular weight is 359 g/mol. The predicted molar refractivity (Wildman–Crippen MR) is 101 cm³/mol. The predicted octanol–water partition coefficient (Wildman–Crippen LogP) is 1.53. The highest BCUT2D eigenvalue weighted by Gasteiger charge is 2.26. The maximum Gasteiger partial charge on any atom is 0.242 e. The Morgan fingerprint density at radius 1 is 1.15 bits per heavy atom. The van der Waals surface area contributed by atoms with E-state index in [-0.39, 0.29) is 12.5 Å². The number of aromatic nitrogens is 2. The molecule has 0 saturated carbocycles. The van der Waals surface area contributed by atoms with Gasteiger partial charge in [0.1, 0.15) is 5.82 Å². The Labute approximate surface area is 152 Å². The zero-order valence-electron chi connectivity index (χ0n) is 15.7. The van der Waals surface area contributed by atoms with E-state index in [1.54, 1.807) is 26.4 Å². The van der Waals surface area contributed by atoms with Crippen molar-refractivity contribution in [1.29, 1.82) is 0 Å². The van der Waals surface area contributed by atoms with Crippen LogP contribution in [0.15, 0.2) is 12.1 Å². The lowest BCUT2D eigenvalue weighted by Crippen LogP contribution is -2.51. The fourth-order valence-electron chi connectivity index (χ4n) is 3.12. The first-order valence-corrected chi connectivity index (χ1v) is 8.65. The standard InChI is InChI=1S/C18H25N5O3/c1-11(2)9-22-5-6-23(10-16(22)24)18-20-13-8-15(26-4)14(25-3)7-12(13)17(19)21-18/h7-8,11H,5-6,9-10H2,1-4H3,(H2,19,20,21). The lowest BCUT2D eigenvalue weighted by atomic mass is 10.2. The lowest BCUT2D eigenvalue weighted by Gasteiger charge is -2.35. The lowest BCUT2D eigenvalue weighted by molar-refractivity contribution is -0.131. The number of piperazine rings is 1. The zero-order valence-corrected chi connectivity index (χ0v) is 15.7. The Balaban J connectivity index is 1.90. The third-order valence-corrected chi connectivity index (χ3v) is 4.41. The minimum Gasteiger partial charge on any atom is -0.493 e. The van der Waals surface area contributed by atoms with E-state index in [1.165, 1.54) is 0 Å². The molecule has 8 nitrogen and oxygen atoms in total. The summed E-state index contributed by atoms with van der Waals surface area (Å²) in [7, 11) is 3.14. The average Bonchev–Trinajstić information content (AvgIpc) is 2.61. The second-order valence-electron chi connectivity index (χ2n) is 6.79. The van der Waals surface area contributed by atoms with Crippen LogP contribution in [0.25, 0.3) is 10.9 Å². The van der Waals surface area contributed by atoms with E-state index in [0.29, 0.717) is 53.2 Å². The third kappa shape index (κ3) is 3.44. The highest BCUT2D eigenvalue weighted by atomic mass is 16.5. The summed E-state index contributed by atoms with van der Waals surface area (Å²) in [5, 5.41) is 0.691. The summed E-state index contributed by atoms with van der Waals surface area (Å²) in [5.41, 5.74) is 6.79. The second kappa shape index (κ2) is 7.23. The molecule has 0 atom stereocenters. The van der Waals surface area contributed by atoms with Gasteiger partial charge in [-0.3, -0.25) is 4.79 Å². The first-order valence-electron chi connectivity index (χ1n) is 8.65.